The number of anilines is 1. The average Bonchev–Trinajstić information content (AvgIpc) is 2.53. The first-order valence-electron chi connectivity index (χ1n) is 6.30. The molecule has 0 unspecified atom stereocenters. The van der Waals surface area contributed by atoms with Crippen molar-refractivity contribution in [2.75, 3.05) is 12.4 Å². The van der Waals surface area contributed by atoms with Crippen LogP contribution >= 0.6 is 11.6 Å². The molecular weight excluding hydrogens is 302 g/mol. The molecule has 0 bridgehead atoms. The van der Waals surface area contributed by atoms with Crippen molar-refractivity contribution in [2.24, 2.45) is 0 Å². The minimum absolute atomic E-state index is 0.0340. The van der Waals surface area contributed by atoms with Gasteiger partial charge < -0.3 is 10.1 Å². The molecule has 0 saturated heterocycles. The lowest BCUT2D eigenvalue weighted by molar-refractivity contribution is -0.112. The van der Waals surface area contributed by atoms with Gasteiger partial charge in [-0.1, -0.05) is 11.6 Å². The Morgan fingerprint density at radius 2 is 2.09 bits per heavy atom. The normalized spacial score (nSPS) is 10.7. The van der Waals surface area contributed by atoms with Crippen LogP contribution in [0.15, 0.2) is 48.3 Å². The first-order chi connectivity index (χ1) is 10.6. The number of amides is 1. The van der Waals surface area contributed by atoms with Crippen molar-refractivity contribution in [2.45, 2.75) is 0 Å². The fourth-order valence-electron chi connectivity index (χ4n) is 1.74. The third kappa shape index (κ3) is 3.84. The zero-order valence-corrected chi connectivity index (χ0v) is 12.5. The first kappa shape index (κ1) is 15.5. The molecule has 2 aromatic rings. The number of aromatic nitrogens is 1. The number of carbonyl (C=O) groups is 1. The fourth-order valence-corrected chi connectivity index (χ4v) is 1.91. The number of ether oxygens (including phenoxy) is 1. The quantitative estimate of drug-likeness (QED) is 0.694. The zero-order chi connectivity index (χ0) is 15.9. The van der Waals surface area contributed by atoms with Crippen LogP contribution in [0.4, 0.5) is 5.69 Å². The van der Waals surface area contributed by atoms with E-state index in [9.17, 15) is 4.79 Å². The molecule has 110 valence electrons. The number of benzene rings is 1. The van der Waals surface area contributed by atoms with Crippen LogP contribution in [-0.2, 0) is 4.79 Å². The van der Waals surface area contributed by atoms with E-state index in [4.69, 9.17) is 21.6 Å². The number of halogens is 1. The van der Waals surface area contributed by atoms with E-state index in [0.717, 1.165) is 0 Å². The van der Waals surface area contributed by atoms with Crippen molar-refractivity contribution in [1.82, 2.24) is 4.98 Å². The summed E-state index contributed by atoms with van der Waals surface area (Å²) in [7, 11) is 1.48. The van der Waals surface area contributed by atoms with E-state index < -0.39 is 5.91 Å². The lowest BCUT2D eigenvalue weighted by Crippen LogP contribution is -2.14. The third-order valence-electron chi connectivity index (χ3n) is 2.79. The summed E-state index contributed by atoms with van der Waals surface area (Å²) in [6, 6.07) is 10.1. The number of methoxy groups -OCH3 is 1. The van der Waals surface area contributed by atoms with Gasteiger partial charge in [0.2, 0.25) is 0 Å². The van der Waals surface area contributed by atoms with Crippen LogP contribution in [0.1, 0.15) is 5.56 Å². The van der Waals surface area contributed by atoms with Crippen LogP contribution in [0.5, 0.6) is 5.75 Å². The maximum absolute atomic E-state index is 12.2. The van der Waals surface area contributed by atoms with Gasteiger partial charge in [0.25, 0.3) is 5.91 Å². The summed E-state index contributed by atoms with van der Waals surface area (Å²) in [6.07, 6.45) is 4.64. The molecule has 0 fully saturated rings. The lowest BCUT2D eigenvalue weighted by Gasteiger charge is -2.10. The van der Waals surface area contributed by atoms with Gasteiger partial charge in [0.1, 0.15) is 17.4 Å². The van der Waals surface area contributed by atoms with Gasteiger partial charge in [0.15, 0.2) is 0 Å². The van der Waals surface area contributed by atoms with Gasteiger partial charge in [-0.3, -0.25) is 9.78 Å². The van der Waals surface area contributed by atoms with Gasteiger partial charge in [-0.2, -0.15) is 5.26 Å². The van der Waals surface area contributed by atoms with Crippen LogP contribution < -0.4 is 10.1 Å². The van der Waals surface area contributed by atoms with Gasteiger partial charge in [-0.15, -0.1) is 0 Å². The number of hydrogen-bond acceptors (Lipinski definition) is 4. The third-order valence-corrected chi connectivity index (χ3v) is 3.03. The number of nitriles is 1. The predicted octanol–water partition coefficient (Wildman–Crippen LogP) is 3.29. The second kappa shape index (κ2) is 7.25. The van der Waals surface area contributed by atoms with E-state index in [2.05, 4.69) is 10.3 Å². The van der Waals surface area contributed by atoms with Gasteiger partial charge in [0.05, 0.1) is 12.8 Å². The maximum atomic E-state index is 12.2. The van der Waals surface area contributed by atoms with Gasteiger partial charge in [-0.25, -0.2) is 0 Å². The largest absolute Gasteiger partial charge is 0.495 e. The minimum atomic E-state index is -0.542. The second-order valence-electron chi connectivity index (χ2n) is 4.25. The standard InChI is InChI=1S/C16H12ClN3O2/c1-22-15-3-2-13(17)9-14(15)20-16(21)12(10-18)8-11-4-6-19-7-5-11/h2-9H,1H3,(H,20,21)/b12-8+. The van der Waals surface area contributed by atoms with Crippen molar-refractivity contribution < 1.29 is 9.53 Å². The van der Waals surface area contributed by atoms with Gasteiger partial charge >= 0.3 is 0 Å². The number of carbonyl (C=O) groups excluding carboxylic acids is 1. The molecule has 0 aliphatic heterocycles. The summed E-state index contributed by atoms with van der Waals surface area (Å²) < 4.78 is 5.15. The monoisotopic (exact) mass is 313 g/mol. The van der Waals surface area contributed by atoms with E-state index >= 15 is 0 Å². The van der Waals surface area contributed by atoms with Crippen LogP contribution in [0.3, 0.4) is 0 Å². The van der Waals surface area contributed by atoms with E-state index in [-0.39, 0.29) is 5.57 Å². The molecule has 1 N–H and O–H groups in total. The lowest BCUT2D eigenvalue weighted by atomic mass is 10.1. The molecule has 2 rings (SSSR count). The highest BCUT2D eigenvalue weighted by atomic mass is 35.5. The molecule has 1 heterocycles. The molecule has 5 nitrogen and oxygen atoms in total. The van der Waals surface area contributed by atoms with Gasteiger partial charge in [0, 0.05) is 17.4 Å². The molecule has 1 aromatic heterocycles. The summed E-state index contributed by atoms with van der Waals surface area (Å²) in [4.78, 5) is 16.1. The molecule has 0 radical (unpaired) electrons. The van der Waals surface area contributed by atoms with Crippen molar-refractivity contribution >= 4 is 29.3 Å². The molecule has 6 heteroatoms. The maximum Gasteiger partial charge on any atom is 0.266 e. The highest BCUT2D eigenvalue weighted by Gasteiger charge is 2.12. The molecule has 22 heavy (non-hydrogen) atoms. The Hall–Kier alpha value is -2.84. The van der Waals surface area contributed by atoms with E-state index in [1.54, 1.807) is 42.7 Å². The Labute approximate surface area is 132 Å². The smallest absolute Gasteiger partial charge is 0.266 e. The predicted molar refractivity (Wildman–Crippen MR) is 84.5 cm³/mol. The fraction of sp³-hybridized carbons (Fsp3) is 0.0625. The zero-order valence-electron chi connectivity index (χ0n) is 11.7. The highest BCUT2D eigenvalue weighted by molar-refractivity contribution is 6.31. The van der Waals surface area contributed by atoms with Crippen LogP contribution in [0.2, 0.25) is 5.02 Å². The van der Waals surface area contributed by atoms with Gasteiger partial charge in [-0.05, 0) is 42.0 Å². The molecular formula is C16H12ClN3O2. The number of rotatable bonds is 4. The summed E-state index contributed by atoms with van der Waals surface area (Å²) in [5.74, 6) is -0.0844. The number of nitrogens with one attached hydrogen (secondary N) is 1. The van der Waals surface area contributed by atoms with Crippen LogP contribution in [0.25, 0.3) is 6.08 Å². The van der Waals surface area contributed by atoms with E-state index in [0.29, 0.717) is 22.0 Å². The topological polar surface area (TPSA) is 75.0 Å². The van der Waals surface area contributed by atoms with Crippen LogP contribution in [0, 0.1) is 11.3 Å². The first-order valence-corrected chi connectivity index (χ1v) is 6.68. The SMILES string of the molecule is COc1ccc(Cl)cc1NC(=O)/C(C#N)=C/c1ccncc1. The molecule has 0 saturated carbocycles. The molecule has 1 aromatic carbocycles. The molecule has 0 aliphatic rings. The Morgan fingerprint density at radius 3 is 2.73 bits per heavy atom. The number of hydrogen-bond donors (Lipinski definition) is 1. The van der Waals surface area contributed by atoms with Crippen molar-refractivity contribution in [3.8, 4) is 11.8 Å². The molecule has 1 amide bonds. The summed E-state index contributed by atoms with van der Waals surface area (Å²) in [5.41, 5.74) is 1.07. The van der Waals surface area contributed by atoms with E-state index in [1.807, 2.05) is 6.07 Å². The van der Waals surface area contributed by atoms with Crippen molar-refractivity contribution in [3.63, 3.8) is 0 Å². The average molecular weight is 314 g/mol. The summed E-state index contributed by atoms with van der Waals surface area (Å²) in [6.45, 7) is 0. The van der Waals surface area contributed by atoms with E-state index in [1.165, 1.54) is 13.2 Å². The molecule has 0 aliphatic carbocycles. The second-order valence-corrected chi connectivity index (χ2v) is 4.69. The number of nitrogens with zero attached hydrogens (tertiary/aromatic N) is 2. The van der Waals surface area contributed by atoms with Crippen LogP contribution in [-0.4, -0.2) is 18.0 Å². The Kier molecular flexibility index (Phi) is 5.12. The minimum Gasteiger partial charge on any atom is -0.495 e. The van der Waals surface area contributed by atoms with Crippen molar-refractivity contribution in [1.29, 1.82) is 5.26 Å². The Morgan fingerprint density at radius 1 is 1.36 bits per heavy atom. The Bertz CT molecular complexity index is 752. The Balaban J connectivity index is 2.26. The highest BCUT2D eigenvalue weighted by Crippen LogP contribution is 2.28. The van der Waals surface area contributed by atoms with Crippen molar-refractivity contribution in [3.05, 3.63) is 58.9 Å². The molecule has 0 atom stereocenters. The number of pyridine rings is 1. The summed E-state index contributed by atoms with van der Waals surface area (Å²) >= 11 is 5.91. The summed E-state index contributed by atoms with van der Waals surface area (Å²) in [5, 5.41) is 12.2. The molecule has 0 spiro atoms.